The van der Waals surface area contributed by atoms with E-state index in [0.29, 0.717) is 13.0 Å². The van der Waals surface area contributed by atoms with Gasteiger partial charge in [0.2, 0.25) is 11.8 Å². The molecule has 3 atom stereocenters. The van der Waals surface area contributed by atoms with Gasteiger partial charge in [-0.1, -0.05) is 0 Å². The molecule has 152 valence electrons. The number of hydrogen-bond donors (Lipinski definition) is 2. The molecule has 1 aromatic rings. The number of hydrogen-bond acceptors (Lipinski definition) is 5. The minimum atomic E-state index is -0.221. The Bertz CT molecular complexity index is 694. The highest BCUT2D eigenvalue weighted by Gasteiger charge is 2.48. The van der Waals surface area contributed by atoms with Gasteiger partial charge in [0, 0.05) is 50.7 Å². The van der Waals surface area contributed by atoms with Crippen LogP contribution in [0.15, 0.2) is 24.3 Å². The van der Waals surface area contributed by atoms with E-state index in [4.69, 9.17) is 4.74 Å². The van der Waals surface area contributed by atoms with Crippen LogP contribution in [0, 0.1) is 11.8 Å². The van der Waals surface area contributed by atoms with Gasteiger partial charge in [-0.15, -0.1) is 0 Å². The van der Waals surface area contributed by atoms with Gasteiger partial charge in [0.25, 0.3) is 0 Å². The first-order valence-electron chi connectivity index (χ1n) is 10.3. The molecule has 7 nitrogen and oxygen atoms in total. The number of benzene rings is 1. The fraction of sp³-hybridized carbons (Fsp3) is 0.619. The number of likely N-dealkylation sites (N-methyl/N-ethyl adjacent to an activating group) is 1. The van der Waals surface area contributed by atoms with Gasteiger partial charge in [-0.25, -0.2) is 0 Å². The Morgan fingerprint density at radius 3 is 2.46 bits per heavy atom. The fourth-order valence-electron chi connectivity index (χ4n) is 3.98. The predicted molar refractivity (Wildman–Crippen MR) is 108 cm³/mol. The smallest absolute Gasteiger partial charge is 0.228 e. The molecule has 3 aliphatic rings. The highest BCUT2D eigenvalue weighted by Crippen LogP contribution is 2.39. The molecule has 2 heterocycles. The predicted octanol–water partition coefficient (Wildman–Crippen LogP) is 1.31. The van der Waals surface area contributed by atoms with Crippen LogP contribution in [0.25, 0.3) is 0 Å². The number of nitrogens with one attached hydrogen (secondary N) is 2. The summed E-state index contributed by atoms with van der Waals surface area (Å²) in [6, 6.07) is 8.00. The van der Waals surface area contributed by atoms with Gasteiger partial charge in [0.1, 0.15) is 0 Å². The molecule has 1 saturated carbocycles. The van der Waals surface area contributed by atoms with Crippen molar-refractivity contribution in [3.8, 4) is 0 Å². The average Bonchev–Trinajstić information content (AvgIpc) is 3.35. The summed E-state index contributed by atoms with van der Waals surface area (Å²) in [7, 11) is 2.14. The van der Waals surface area contributed by atoms with Gasteiger partial charge in [0.05, 0.1) is 17.9 Å². The molecule has 2 saturated heterocycles. The summed E-state index contributed by atoms with van der Waals surface area (Å²) in [5.41, 5.74) is 1.97. The molecule has 4 rings (SSSR count). The Labute approximate surface area is 166 Å². The van der Waals surface area contributed by atoms with Crippen molar-refractivity contribution in [3.63, 3.8) is 0 Å². The van der Waals surface area contributed by atoms with Gasteiger partial charge in [0.15, 0.2) is 0 Å². The second-order valence-electron chi connectivity index (χ2n) is 8.16. The highest BCUT2D eigenvalue weighted by molar-refractivity contribution is 5.99. The molecule has 0 aromatic heterocycles. The maximum absolute atomic E-state index is 12.4. The fourth-order valence-corrected chi connectivity index (χ4v) is 3.98. The van der Waals surface area contributed by atoms with Crippen molar-refractivity contribution in [2.45, 2.75) is 25.4 Å². The van der Waals surface area contributed by atoms with E-state index in [2.05, 4.69) is 39.6 Å². The molecule has 28 heavy (non-hydrogen) atoms. The number of nitrogens with zero attached hydrogens (tertiary/aromatic N) is 2. The van der Waals surface area contributed by atoms with E-state index in [1.807, 2.05) is 12.1 Å². The number of amides is 2. The molecule has 0 spiro atoms. The van der Waals surface area contributed by atoms with Crippen LogP contribution in [0.5, 0.6) is 0 Å². The summed E-state index contributed by atoms with van der Waals surface area (Å²) < 4.78 is 5.52. The van der Waals surface area contributed by atoms with Crippen LogP contribution in [-0.4, -0.2) is 69.2 Å². The van der Waals surface area contributed by atoms with Gasteiger partial charge >= 0.3 is 0 Å². The normalized spacial score (nSPS) is 27.5. The third-order valence-electron chi connectivity index (χ3n) is 6.00. The molecular weight excluding hydrogens is 356 g/mol. The highest BCUT2D eigenvalue weighted by atomic mass is 16.5. The first-order valence-corrected chi connectivity index (χ1v) is 10.3. The van der Waals surface area contributed by atoms with Crippen molar-refractivity contribution in [2.75, 3.05) is 56.6 Å². The minimum absolute atomic E-state index is 0.0268. The Morgan fingerprint density at radius 2 is 1.79 bits per heavy atom. The van der Waals surface area contributed by atoms with Crippen molar-refractivity contribution in [2.24, 2.45) is 11.8 Å². The topological polar surface area (TPSA) is 73.9 Å². The molecule has 1 aliphatic carbocycles. The third kappa shape index (κ3) is 4.64. The van der Waals surface area contributed by atoms with Crippen molar-refractivity contribution >= 4 is 23.2 Å². The van der Waals surface area contributed by atoms with Crippen LogP contribution in [0.2, 0.25) is 0 Å². The Morgan fingerprint density at radius 1 is 1.07 bits per heavy atom. The maximum Gasteiger partial charge on any atom is 0.228 e. The van der Waals surface area contributed by atoms with Crippen LogP contribution < -0.4 is 15.5 Å². The second-order valence-corrected chi connectivity index (χ2v) is 8.16. The molecule has 7 heteroatoms. The van der Waals surface area contributed by atoms with E-state index < -0.39 is 0 Å². The largest absolute Gasteiger partial charge is 0.376 e. The lowest BCUT2D eigenvalue weighted by Gasteiger charge is -2.34. The van der Waals surface area contributed by atoms with E-state index >= 15 is 0 Å². The monoisotopic (exact) mass is 386 g/mol. The molecule has 0 radical (unpaired) electrons. The SMILES string of the molecule is CN1CCN(c2ccc(NC(=O)C3CC3C(=O)NCC3CCCO3)cc2)CC1. The summed E-state index contributed by atoms with van der Waals surface area (Å²) >= 11 is 0. The van der Waals surface area contributed by atoms with E-state index in [9.17, 15) is 9.59 Å². The number of ether oxygens (including phenoxy) is 1. The Hall–Kier alpha value is -2.12. The zero-order valence-electron chi connectivity index (χ0n) is 16.5. The lowest BCUT2D eigenvalue weighted by molar-refractivity contribution is -0.125. The van der Waals surface area contributed by atoms with E-state index in [-0.39, 0.29) is 29.8 Å². The molecule has 3 fully saturated rings. The zero-order chi connectivity index (χ0) is 19.5. The summed E-state index contributed by atoms with van der Waals surface area (Å²) in [5, 5.41) is 5.88. The number of piperazine rings is 1. The van der Waals surface area contributed by atoms with Crippen LogP contribution in [0.4, 0.5) is 11.4 Å². The second kappa shape index (κ2) is 8.49. The van der Waals surface area contributed by atoms with E-state index in [0.717, 1.165) is 51.3 Å². The lowest BCUT2D eigenvalue weighted by atomic mass is 10.2. The first kappa shape index (κ1) is 19.2. The van der Waals surface area contributed by atoms with Gasteiger partial charge in [-0.3, -0.25) is 9.59 Å². The number of carbonyl (C=O) groups excluding carboxylic acids is 2. The van der Waals surface area contributed by atoms with Gasteiger partial charge in [-0.2, -0.15) is 0 Å². The number of carbonyl (C=O) groups is 2. The van der Waals surface area contributed by atoms with Crippen molar-refractivity contribution in [1.29, 1.82) is 0 Å². The molecule has 1 aromatic carbocycles. The standard InChI is InChI=1S/C21H30N4O3/c1-24-8-10-25(11-9-24)16-6-4-15(5-7-16)23-21(27)19-13-18(19)20(26)22-14-17-3-2-12-28-17/h4-7,17-19H,2-3,8-14H2,1H3,(H,22,26)(H,23,27). The molecule has 0 bridgehead atoms. The summed E-state index contributed by atoms with van der Waals surface area (Å²) in [4.78, 5) is 29.3. The van der Waals surface area contributed by atoms with Crippen molar-refractivity contribution in [3.05, 3.63) is 24.3 Å². The maximum atomic E-state index is 12.4. The summed E-state index contributed by atoms with van der Waals surface area (Å²) in [5.74, 6) is -0.515. The van der Waals surface area contributed by atoms with Crippen LogP contribution in [0.3, 0.4) is 0 Å². The van der Waals surface area contributed by atoms with Crippen LogP contribution in [0.1, 0.15) is 19.3 Å². The summed E-state index contributed by atoms with van der Waals surface area (Å²) in [6.07, 6.45) is 2.82. The molecule has 2 aliphatic heterocycles. The molecule has 2 N–H and O–H groups in total. The zero-order valence-corrected chi connectivity index (χ0v) is 16.5. The van der Waals surface area contributed by atoms with Crippen molar-refractivity contribution in [1.82, 2.24) is 10.2 Å². The molecule has 2 amide bonds. The third-order valence-corrected chi connectivity index (χ3v) is 6.00. The summed E-state index contributed by atoms with van der Waals surface area (Å²) in [6.45, 7) is 5.51. The average molecular weight is 386 g/mol. The first-order chi connectivity index (χ1) is 13.6. The van der Waals surface area contributed by atoms with Crippen LogP contribution >= 0.6 is 0 Å². The van der Waals surface area contributed by atoms with Crippen LogP contribution in [-0.2, 0) is 14.3 Å². The van der Waals surface area contributed by atoms with Gasteiger partial charge < -0.3 is 25.2 Å². The Balaban J connectivity index is 1.22. The number of anilines is 2. The van der Waals surface area contributed by atoms with E-state index in [1.165, 1.54) is 5.69 Å². The van der Waals surface area contributed by atoms with E-state index in [1.54, 1.807) is 0 Å². The van der Waals surface area contributed by atoms with Crippen molar-refractivity contribution < 1.29 is 14.3 Å². The number of rotatable bonds is 6. The lowest BCUT2D eigenvalue weighted by Crippen LogP contribution is -2.44. The molecule has 3 unspecified atom stereocenters. The Kier molecular flexibility index (Phi) is 5.82. The quantitative estimate of drug-likeness (QED) is 0.771. The minimum Gasteiger partial charge on any atom is -0.376 e. The van der Waals surface area contributed by atoms with Gasteiger partial charge in [-0.05, 0) is 50.6 Å². The molecular formula is C21H30N4O3.